The van der Waals surface area contributed by atoms with Gasteiger partial charge < -0.3 is 15.7 Å². The molecule has 18 heavy (non-hydrogen) atoms. The lowest BCUT2D eigenvalue weighted by Gasteiger charge is -2.38. The van der Waals surface area contributed by atoms with E-state index in [9.17, 15) is 14.7 Å². The molecule has 1 unspecified atom stereocenters. The molecule has 96 valence electrons. The standard InChI is InChI=1S/C12H13ClN2O3/c1-7(16)15-5-4-12(14,11(17)18)9-6-8(13)2-3-10(9)15/h2-3,6H,4-5,14H2,1H3,(H,17,18). The van der Waals surface area contributed by atoms with Gasteiger partial charge in [-0.05, 0) is 24.6 Å². The third kappa shape index (κ3) is 1.85. The molecule has 0 aromatic heterocycles. The first-order chi connectivity index (χ1) is 8.36. The lowest BCUT2D eigenvalue weighted by molar-refractivity contribution is -0.144. The number of hydrogen-bond donors (Lipinski definition) is 2. The molecule has 1 heterocycles. The Morgan fingerprint density at radius 3 is 2.72 bits per heavy atom. The summed E-state index contributed by atoms with van der Waals surface area (Å²) in [4.78, 5) is 24.4. The highest BCUT2D eigenvalue weighted by atomic mass is 35.5. The van der Waals surface area contributed by atoms with Gasteiger partial charge >= 0.3 is 5.97 Å². The molecule has 0 saturated heterocycles. The number of carboxylic acids is 1. The van der Waals surface area contributed by atoms with E-state index in [1.807, 2.05) is 0 Å². The van der Waals surface area contributed by atoms with E-state index in [0.29, 0.717) is 16.3 Å². The van der Waals surface area contributed by atoms with Gasteiger partial charge in [-0.25, -0.2) is 4.79 Å². The van der Waals surface area contributed by atoms with Gasteiger partial charge in [0, 0.05) is 29.7 Å². The van der Waals surface area contributed by atoms with E-state index in [-0.39, 0.29) is 18.9 Å². The number of benzene rings is 1. The average molecular weight is 269 g/mol. The number of carbonyl (C=O) groups excluding carboxylic acids is 1. The highest BCUT2D eigenvalue weighted by Crippen LogP contribution is 2.38. The summed E-state index contributed by atoms with van der Waals surface area (Å²) in [6, 6.07) is 4.76. The molecule has 3 N–H and O–H groups in total. The fourth-order valence-electron chi connectivity index (χ4n) is 2.19. The SMILES string of the molecule is CC(=O)N1CCC(N)(C(=O)O)c2cc(Cl)ccc21. The molecule has 0 fully saturated rings. The zero-order valence-electron chi connectivity index (χ0n) is 9.81. The quantitative estimate of drug-likeness (QED) is 0.805. The first-order valence-electron chi connectivity index (χ1n) is 5.46. The average Bonchev–Trinajstić information content (AvgIpc) is 2.29. The van der Waals surface area contributed by atoms with Crippen molar-refractivity contribution in [2.45, 2.75) is 18.9 Å². The molecule has 0 saturated carbocycles. The molecule has 1 amide bonds. The number of halogens is 1. The molecule has 1 aliphatic rings. The summed E-state index contributed by atoms with van der Waals surface area (Å²) in [5.41, 5.74) is 5.35. The van der Waals surface area contributed by atoms with Gasteiger partial charge in [0.2, 0.25) is 5.91 Å². The van der Waals surface area contributed by atoms with Crippen LogP contribution >= 0.6 is 11.6 Å². The van der Waals surface area contributed by atoms with Crippen LogP contribution in [-0.2, 0) is 15.1 Å². The van der Waals surface area contributed by atoms with Crippen LogP contribution in [0.4, 0.5) is 5.69 Å². The van der Waals surface area contributed by atoms with Gasteiger partial charge in [0.1, 0.15) is 5.54 Å². The van der Waals surface area contributed by atoms with Gasteiger partial charge in [-0.1, -0.05) is 11.6 Å². The number of fused-ring (bicyclic) bond motifs is 1. The van der Waals surface area contributed by atoms with Gasteiger partial charge in [-0.3, -0.25) is 4.79 Å². The van der Waals surface area contributed by atoms with Crippen molar-refractivity contribution < 1.29 is 14.7 Å². The van der Waals surface area contributed by atoms with Gasteiger partial charge in [-0.2, -0.15) is 0 Å². The van der Waals surface area contributed by atoms with Crippen LogP contribution in [0.1, 0.15) is 18.9 Å². The van der Waals surface area contributed by atoms with Crippen molar-refractivity contribution in [2.24, 2.45) is 5.73 Å². The maximum Gasteiger partial charge on any atom is 0.328 e. The first kappa shape index (κ1) is 12.9. The summed E-state index contributed by atoms with van der Waals surface area (Å²) in [5, 5.41) is 9.69. The number of rotatable bonds is 1. The molecule has 1 aliphatic heterocycles. The smallest absolute Gasteiger partial charge is 0.328 e. The Hall–Kier alpha value is -1.59. The molecule has 0 aliphatic carbocycles. The predicted octanol–water partition coefficient (Wildman–Crippen LogP) is 1.34. The van der Waals surface area contributed by atoms with Gasteiger partial charge in [0.25, 0.3) is 0 Å². The lowest BCUT2D eigenvalue weighted by Crippen LogP contribution is -2.52. The summed E-state index contributed by atoms with van der Waals surface area (Å²) in [7, 11) is 0. The maximum absolute atomic E-state index is 11.5. The summed E-state index contributed by atoms with van der Waals surface area (Å²) in [5.74, 6) is -1.26. The van der Waals surface area contributed by atoms with Crippen molar-refractivity contribution in [3.05, 3.63) is 28.8 Å². The Bertz CT molecular complexity index is 532. The zero-order valence-corrected chi connectivity index (χ0v) is 10.6. The van der Waals surface area contributed by atoms with Crippen molar-refractivity contribution >= 4 is 29.2 Å². The topological polar surface area (TPSA) is 83.6 Å². The van der Waals surface area contributed by atoms with Crippen LogP contribution in [0.2, 0.25) is 5.02 Å². The number of carboxylic acid groups (broad SMARTS) is 1. The van der Waals surface area contributed by atoms with E-state index in [1.54, 1.807) is 12.1 Å². The molecule has 6 heteroatoms. The van der Waals surface area contributed by atoms with Crippen molar-refractivity contribution in [3.63, 3.8) is 0 Å². The summed E-state index contributed by atoms with van der Waals surface area (Å²) in [6.07, 6.45) is 0.162. The lowest BCUT2D eigenvalue weighted by atomic mass is 9.83. The van der Waals surface area contributed by atoms with E-state index in [4.69, 9.17) is 17.3 Å². The second-order valence-corrected chi connectivity index (χ2v) is 4.80. The van der Waals surface area contributed by atoms with Crippen LogP contribution < -0.4 is 10.6 Å². The zero-order chi connectivity index (χ0) is 13.5. The third-order valence-electron chi connectivity index (χ3n) is 3.22. The molecule has 0 radical (unpaired) electrons. The number of carbonyl (C=O) groups is 2. The van der Waals surface area contributed by atoms with Gasteiger partial charge in [-0.15, -0.1) is 0 Å². The minimum absolute atomic E-state index is 0.147. The molecule has 0 spiro atoms. The summed E-state index contributed by atoms with van der Waals surface area (Å²) in [6.45, 7) is 1.72. The van der Waals surface area contributed by atoms with Gasteiger partial charge in [0.05, 0.1) is 0 Å². The third-order valence-corrected chi connectivity index (χ3v) is 3.46. The van der Waals surface area contributed by atoms with Crippen molar-refractivity contribution in [1.82, 2.24) is 0 Å². The molecular weight excluding hydrogens is 256 g/mol. The van der Waals surface area contributed by atoms with E-state index in [1.165, 1.54) is 17.9 Å². The molecule has 0 bridgehead atoms. The molecule has 5 nitrogen and oxygen atoms in total. The van der Waals surface area contributed by atoms with E-state index in [0.717, 1.165) is 0 Å². The molecule has 1 atom stereocenters. The Labute approximate surface area is 109 Å². The van der Waals surface area contributed by atoms with E-state index in [2.05, 4.69) is 0 Å². The van der Waals surface area contributed by atoms with Crippen LogP contribution in [0.3, 0.4) is 0 Å². The van der Waals surface area contributed by atoms with Crippen LogP contribution in [0.25, 0.3) is 0 Å². The van der Waals surface area contributed by atoms with E-state index >= 15 is 0 Å². The van der Waals surface area contributed by atoms with E-state index < -0.39 is 11.5 Å². The maximum atomic E-state index is 11.5. The predicted molar refractivity (Wildman–Crippen MR) is 67.6 cm³/mol. The number of hydrogen-bond acceptors (Lipinski definition) is 3. The molecule has 2 rings (SSSR count). The van der Waals surface area contributed by atoms with Crippen molar-refractivity contribution in [1.29, 1.82) is 0 Å². The summed E-state index contributed by atoms with van der Waals surface area (Å²) >= 11 is 5.88. The second-order valence-electron chi connectivity index (χ2n) is 4.36. The van der Waals surface area contributed by atoms with Crippen LogP contribution in [0, 0.1) is 0 Å². The Balaban J connectivity index is 2.64. The normalized spacial score (nSPS) is 22.5. The Morgan fingerprint density at radius 2 is 2.17 bits per heavy atom. The largest absolute Gasteiger partial charge is 0.480 e. The van der Waals surface area contributed by atoms with Crippen molar-refractivity contribution in [3.8, 4) is 0 Å². The molecule has 1 aromatic carbocycles. The summed E-state index contributed by atoms with van der Waals surface area (Å²) < 4.78 is 0. The van der Waals surface area contributed by atoms with Crippen molar-refractivity contribution in [2.75, 3.05) is 11.4 Å². The Kier molecular flexibility index (Phi) is 3.04. The monoisotopic (exact) mass is 268 g/mol. The number of aliphatic carboxylic acids is 1. The second kappa shape index (κ2) is 4.26. The molecular formula is C12H13ClN2O3. The first-order valence-corrected chi connectivity index (χ1v) is 5.84. The fourth-order valence-corrected chi connectivity index (χ4v) is 2.37. The number of anilines is 1. The van der Waals surface area contributed by atoms with Crippen LogP contribution in [0.5, 0.6) is 0 Å². The fraction of sp³-hybridized carbons (Fsp3) is 0.333. The molecule has 1 aromatic rings. The van der Waals surface area contributed by atoms with Gasteiger partial charge in [0.15, 0.2) is 0 Å². The van der Waals surface area contributed by atoms with Crippen LogP contribution in [0.15, 0.2) is 18.2 Å². The minimum atomic E-state index is -1.49. The number of amides is 1. The minimum Gasteiger partial charge on any atom is -0.480 e. The number of nitrogens with zero attached hydrogens (tertiary/aromatic N) is 1. The number of nitrogens with two attached hydrogens (primary N) is 1. The van der Waals surface area contributed by atoms with Crippen LogP contribution in [-0.4, -0.2) is 23.5 Å². The highest BCUT2D eigenvalue weighted by Gasteiger charge is 2.43. The highest BCUT2D eigenvalue weighted by molar-refractivity contribution is 6.30. The Morgan fingerprint density at radius 1 is 1.50 bits per heavy atom.